The van der Waals surface area contributed by atoms with Crippen molar-refractivity contribution in [3.63, 3.8) is 0 Å². The van der Waals surface area contributed by atoms with Gasteiger partial charge in [0.15, 0.2) is 0 Å². The molecule has 25 heavy (non-hydrogen) atoms. The van der Waals surface area contributed by atoms with E-state index in [1.807, 2.05) is 38.1 Å². The molecular weight excluding hydrogens is 322 g/mol. The van der Waals surface area contributed by atoms with Gasteiger partial charge in [-0.2, -0.15) is 10.5 Å². The van der Waals surface area contributed by atoms with Crippen molar-refractivity contribution in [3.8, 4) is 12.1 Å². The van der Waals surface area contributed by atoms with E-state index in [2.05, 4.69) is 15.3 Å². The first-order chi connectivity index (χ1) is 12.0. The third kappa shape index (κ3) is 3.98. The molecule has 0 radical (unpaired) electrons. The van der Waals surface area contributed by atoms with Crippen molar-refractivity contribution >= 4 is 23.0 Å². The summed E-state index contributed by atoms with van der Waals surface area (Å²) in [7, 11) is 0. The van der Waals surface area contributed by atoms with Crippen LogP contribution >= 0.6 is 0 Å². The summed E-state index contributed by atoms with van der Waals surface area (Å²) in [4.78, 5) is 20.0. The van der Waals surface area contributed by atoms with Crippen LogP contribution in [-0.4, -0.2) is 28.0 Å². The molecule has 2 rings (SSSR count). The predicted molar refractivity (Wildman–Crippen MR) is 91.3 cm³/mol. The summed E-state index contributed by atoms with van der Waals surface area (Å²) in [6.45, 7) is 3.50. The number of nitrogens with one attached hydrogen (secondary N) is 1. The highest BCUT2D eigenvalue weighted by molar-refractivity contribution is 5.75. The quantitative estimate of drug-likeness (QED) is 0.483. The monoisotopic (exact) mass is 337 g/mol. The molecule has 0 aliphatic rings. The third-order valence-corrected chi connectivity index (χ3v) is 3.58. The number of aromatic nitrogens is 2. The number of hydrogen-bond donors (Lipinski definition) is 1. The zero-order valence-electron chi connectivity index (χ0n) is 13.7. The normalized spacial score (nSPS) is 9.76. The van der Waals surface area contributed by atoms with Crippen LogP contribution in [0, 0.1) is 46.6 Å². The summed E-state index contributed by atoms with van der Waals surface area (Å²) in [5.41, 5.74) is 2.38. The van der Waals surface area contributed by atoms with Gasteiger partial charge in [0.2, 0.25) is 11.6 Å². The molecule has 9 nitrogen and oxygen atoms in total. The second kappa shape index (κ2) is 7.70. The van der Waals surface area contributed by atoms with Crippen molar-refractivity contribution in [2.24, 2.45) is 0 Å². The highest BCUT2D eigenvalue weighted by atomic mass is 16.6. The van der Waals surface area contributed by atoms with Crippen LogP contribution in [0.15, 0.2) is 24.5 Å². The molecule has 1 heterocycles. The second-order valence-corrected chi connectivity index (χ2v) is 5.25. The number of nitro groups is 1. The summed E-state index contributed by atoms with van der Waals surface area (Å²) in [6, 6.07) is 9.27. The summed E-state index contributed by atoms with van der Waals surface area (Å²) >= 11 is 0. The topological polar surface area (TPSA) is 132 Å². The minimum absolute atomic E-state index is 0.000803. The Morgan fingerprint density at radius 1 is 1.20 bits per heavy atom. The molecule has 1 aromatic carbocycles. The minimum atomic E-state index is -0.625. The molecule has 0 bridgehead atoms. The molecule has 0 saturated heterocycles. The molecule has 0 amide bonds. The van der Waals surface area contributed by atoms with Gasteiger partial charge in [0, 0.05) is 5.69 Å². The Hall–Kier alpha value is -3.72. The number of nitriles is 2. The van der Waals surface area contributed by atoms with Crippen molar-refractivity contribution in [1.82, 2.24) is 9.97 Å². The van der Waals surface area contributed by atoms with Gasteiger partial charge < -0.3 is 10.2 Å². The molecule has 126 valence electrons. The standard InChI is InChI=1S/C16H15N7O2/c1-11-3-4-13(9-12(11)2)21-15-14(23(24)25)16(20-10-19-15)22(7-5-17)8-6-18/h3-4,9-10H,7-8H2,1-2H3,(H,19,20,21). The first-order valence-corrected chi connectivity index (χ1v) is 7.30. The van der Waals surface area contributed by atoms with E-state index in [9.17, 15) is 10.1 Å². The summed E-state index contributed by atoms with van der Waals surface area (Å²) in [5, 5.41) is 32.2. The van der Waals surface area contributed by atoms with Gasteiger partial charge in [-0.15, -0.1) is 0 Å². The Balaban J connectivity index is 2.50. The van der Waals surface area contributed by atoms with Crippen LogP contribution in [0.2, 0.25) is 0 Å². The van der Waals surface area contributed by atoms with E-state index in [4.69, 9.17) is 10.5 Å². The number of nitrogens with zero attached hydrogens (tertiary/aromatic N) is 6. The van der Waals surface area contributed by atoms with Gasteiger partial charge in [-0.1, -0.05) is 6.07 Å². The molecule has 0 spiro atoms. The predicted octanol–water partition coefficient (Wildman–Crippen LogP) is 2.60. The second-order valence-electron chi connectivity index (χ2n) is 5.25. The Morgan fingerprint density at radius 2 is 1.88 bits per heavy atom. The maximum atomic E-state index is 11.6. The van der Waals surface area contributed by atoms with Crippen LogP contribution in [0.25, 0.3) is 0 Å². The summed E-state index contributed by atoms with van der Waals surface area (Å²) in [6.07, 6.45) is 1.16. The average Bonchev–Trinajstić information content (AvgIpc) is 2.57. The Morgan fingerprint density at radius 3 is 2.44 bits per heavy atom. The molecule has 2 aromatic rings. The number of aryl methyl sites for hydroxylation is 2. The van der Waals surface area contributed by atoms with Crippen molar-refractivity contribution in [2.45, 2.75) is 13.8 Å². The lowest BCUT2D eigenvalue weighted by molar-refractivity contribution is -0.383. The van der Waals surface area contributed by atoms with Crippen LogP contribution < -0.4 is 10.2 Å². The van der Waals surface area contributed by atoms with Crippen LogP contribution in [0.4, 0.5) is 23.0 Å². The molecule has 0 fully saturated rings. The summed E-state index contributed by atoms with van der Waals surface area (Å²) in [5.74, 6) is -0.0754. The molecule has 0 unspecified atom stereocenters. The van der Waals surface area contributed by atoms with E-state index in [1.54, 1.807) is 6.07 Å². The molecule has 9 heteroatoms. The number of hydrogen-bond acceptors (Lipinski definition) is 8. The van der Waals surface area contributed by atoms with Crippen molar-refractivity contribution in [1.29, 1.82) is 10.5 Å². The van der Waals surface area contributed by atoms with Crippen LogP contribution in [0.1, 0.15) is 11.1 Å². The van der Waals surface area contributed by atoms with E-state index in [1.165, 1.54) is 4.90 Å². The van der Waals surface area contributed by atoms with Crippen molar-refractivity contribution < 1.29 is 4.92 Å². The largest absolute Gasteiger partial charge is 0.353 e. The van der Waals surface area contributed by atoms with Gasteiger partial charge in [-0.3, -0.25) is 10.1 Å². The van der Waals surface area contributed by atoms with Crippen LogP contribution in [0.3, 0.4) is 0 Å². The van der Waals surface area contributed by atoms with Gasteiger partial charge in [0.1, 0.15) is 19.4 Å². The van der Waals surface area contributed by atoms with E-state index >= 15 is 0 Å². The van der Waals surface area contributed by atoms with Crippen molar-refractivity contribution in [3.05, 3.63) is 45.8 Å². The van der Waals surface area contributed by atoms with Gasteiger partial charge in [-0.25, -0.2) is 9.97 Å². The zero-order valence-corrected chi connectivity index (χ0v) is 13.7. The molecule has 0 aliphatic heterocycles. The molecule has 0 atom stereocenters. The maximum Gasteiger partial charge on any atom is 0.353 e. The average molecular weight is 337 g/mol. The van der Waals surface area contributed by atoms with Gasteiger partial charge in [-0.05, 0) is 37.1 Å². The van der Waals surface area contributed by atoms with Crippen LogP contribution in [-0.2, 0) is 0 Å². The number of benzene rings is 1. The van der Waals surface area contributed by atoms with E-state index in [0.717, 1.165) is 17.5 Å². The molecule has 1 N–H and O–H groups in total. The van der Waals surface area contributed by atoms with Crippen molar-refractivity contribution in [2.75, 3.05) is 23.3 Å². The van der Waals surface area contributed by atoms with E-state index in [-0.39, 0.29) is 30.4 Å². The van der Waals surface area contributed by atoms with Gasteiger partial charge in [0.05, 0.1) is 17.1 Å². The Kier molecular flexibility index (Phi) is 5.43. The number of rotatable bonds is 6. The lowest BCUT2D eigenvalue weighted by Gasteiger charge is -2.17. The lowest BCUT2D eigenvalue weighted by atomic mass is 10.1. The lowest BCUT2D eigenvalue weighted by Crippen LogP contribution is -2.26. The smallest absolute Gasteiger partial charge is 0.334 e. The first-order valence-electron chi connectivity index (χ1n) is 7.30. The highest BCUT2D eigenvalue weighted by Gasteiger charge is 2.27. The fourth-order valence-electron chi connectivity index (χ4n) is 2.19. The van der Waals surface area contributed by atoms with Gasteiger partial charge in [0.25, 0.3) is 0 Å². The third-order valence-electron chi connectivity index (χ3n) is 3.58. The maximum absolute atomic E-state index is 11.6. The SMILES string of the molecule is Cc1ccc(Nc2ncnc(N(CC#N)CC#N)c2[N+](=O)[O-])cc1C. The molecule has 1 aromatic heterocycles. The Labute approximate surface area is 144 Å². The van der Waals surface area contributed by atoms with Crippen LogP contribution in [0.5, 0.6) is 0 Å². The first kappa shape index (κ1) is 17.6. The molecular formula is C16H15N7O2. The zero-order chi connectivity index (χ0) is 18.4. The molecule has 0 aliphatic carbocycles. The minimum Gasteiger partial charge on any atom is -0.334 e. The van der Waals surface area contributed by atoms with E-state index in [0.29, 0.717) is 5.69 Å². The fraction of sp³-hybridized carbons (Fsp3) is 0.250. The fourth-order valence-corrected chi connectivity index (χ4v) is 2.19. The summed E-state index contributed by atoms with van der Waals surface area (Å²) < 4.78 is 0. The Bertz CT molecular complexity index is 867. The highest BCUT2D eigenvalue weighted by Crippen LogP contribution is 2.33. The molecule has 0 saturated carbocycles. The number of anilines is 3. The van der Waals surface area contributed by atoms with E-state index < -0.39 is 4.92 Å². The van der Waals surface area contributed by atoms with Gasteiger partial charge >= 0.3 is 5.69 Å².